The Balaban J connectivity index is 1.96. The topological polar surface area (TPSA) is 20.2 Å². The van der Waals surface area contributed by atoms with Crippen LogP contribution < -0.4 is 0 Å². The van der Waals surface area contributed by atoms with Crippen LogP contribution in [0.5, 0.6) is 0 Å². The van der Waals surface area contributed by atoms with Crippen LogP contribution in [-0.2, 0) is 12.0 Å². The minimum Gasteiger partial charge on any atom is -0.385 e. The van der Waals surface area contributed by atoms with E-state index in [0.29, 0.717) is 12.0 Å². The molecule has 1 nitrogen and oxygen atoms in total. The predicted molar refractivity (Wildman–Crippen MR) is 77.8 cm³/mol. The van der Waals surface area contributed by atoms with E-state index in [9.17, 15) is 9.50 Å². The largest absolute Gasteiger partial charge is 0.385 e. The van der Waals surface area contributed by atoms with Crippen molar-refractivity contribution >= 4 is 0 Å². The molecule has 1 saturated carbocycles. The van der Waals surface area contributed by atoms with Crippen molar-refractivity contribution in [1.29, 1.82) is 0 Å². The van der Waals surface area contributed by atoms with Crippen LogP contribution in [0.3, 0.4) is 0 Å². The first kappa shape index (κ1) is 13.3. The van der Waals surface area contributed by atoms with E-state index in [0.717, 1.165) is 24.8 Å². The van der Waals surface area contributed by atoms with Gasteiger partial charge in [-0.25, -0.2) is 4.39 Å². The predicted octanol–water partition coefficient (Wildman–Crippen LogP) is 4.06. The Morgan fingerprint density at radius 3 is 2.25 bits per heavy atom. The van der Waals surface area contributed by atoms with Crippen LogP contribution in [0.25, 0.3) is 0 Å². The van der Waals surface area contributed by atoms with Gasteiger partial charge in [-0.1, -0.05) is 55.0 Å². The third kappa shape index (κ3) is 2.36. The average Bonchev–Trinajstić information content (AvgIpc) is 2.40. The number of hydrogen-bond donors (Lipinski definition) is 1. The Hall–Kier alpha value is -1.67. The van der Waals surface area contributed by atoms with Gasteiger partial charge in [-0.3, -0.25) is 0 Å². The molecule has 0 aliphatic heterocycles. The molecule has 0 heterocycles. The molecular weight excluding hydrogens is 251 g/mol. The smallest absolute Gasteiger partial charge is 0.126 e. The Morgan fingerprint density at radius 1 is 1.00 bits per heavy atom. The third-order valence-corrected chi connectivity index (χ3v) is 4.47. The fraction of sp³-hybridized carbons (Fsp3) is 0.333. The van der Waals surface area contributed by atoms with Gasteiger partial charge in [0.25, 0.3) is 0 Å². The van der Waals surface area contributed by atoms with Crippen molar-refractivity contribution in [3.8, 4) is 0 Å². The zero-order valence-electron chi connectivity index (χ0n) is 11.4. The molecular formula is C18H19FO. The molecule has 1 atom stereocenters. The van der Waals surface area contributed by atoms with Gasteiger partial charge in [-0.05, 0) is 36.0 Å². The van der Waals surface area contributed by atoms with E-state index in [1.54, 1.807) is 12.1 Å². The second-order valence-corrected chi connectivity index (χ2v) is 5.69. The lowest BCUT2D eigenvalue weighted by Gasteiger charge is -2.42. The lowest BCUT2D eigenvalue weighted by Crippen LogP contribution is -2.41. The molecule has 2 aromatic rings. The number of halogens is 1. The molecule has 0 bridgehead atoms. The van der Waals surface area contributed by atoms with Crippen molar-refractivity contribution in [2.24, 2.45) is 5.92 Å². The molecule has 3 rings (SSSR count). The van der Waals surface area contributed by atoms with Crippen LogP contribution in [-0.4, -0.2) is 5.11 Å². The first-order valence-corrected chi connectivity index (χ1v) is 7.21. The van der Waals surface area contributed by atoms with Crippen molar-refractivity contribution in [2.75, 3.05) is 0 Å². The molecule has 1 aliphatic rings. The van der Waals surface area contributed by atoms with Crippen molar-refractivity contribution < 1.29 is 9.50 Å². The number of aliphatic hydroxyl groups is 1. The molecule has 2 heteroatoms. The van der Waals surface area contributed by atoms with E-state index in [2.05, 4.69) is 0 Å². The maximum Gasteiger partial charge on any atom is 0.126 e. The summed E-state index contributed by atoms with van der Waals surface area (Å²) in [5.74, 6) is -0.00862. The van der Waals surface area contributed by atoms with Gasteiger partial charge in [0, 0.05) is 6.42 Å². The van der Waals surface area contributed by atoms with E-state index in [1.807, 2.05) is 36.4 Å². The van der Waals surface area contributed by atoms with Crippen molar-refractivity contribution in [1.82, 2.24) is 0 Å². The highest BCUT2D eigenvalue weighted by Crippen LogP contribution is 2.44. The molecule has 0 saturated heterocycles. The minimum atomic E-state index is -0.957. The van der Waals surface area contributed by atoms with E-state index >= 15 is 0 Å². The zero-order chi connectivity index (χ0) is 14.0. The van der Waals surface area contributed by atoms with Crippen LogP contribution in [0.2, 0.25) is 0 Å². The van der Waals surface area contributed by atoms with Gasteiger partial charge in [0.15, 0.2) is 0 Å². The van der Waals surface area contributed by atoms with Crippen molar-refractivity contribution in [3.05, 3.63) is 71.5 Å². The summed E-state index contributed by atoms with van der Waals surface area (Å²) in [7, 11) is 0. The molecule has 1 N–H and O–H groups in total. The van der Waals surface area contributed by atoms with Gasteiger partial charge < -0.3 is 5.11 Å². The van der Waals surface area contributed by atoms with E-state index in [-0.39, 0.29) is 11.7 Å². The molecule has 20 heavy (non-hydrogen) atoms. The molecule has 1 fully saturated rings. The Bertz CT molecular complexity index is 577. The standard InChI is InChI=1S/C18H19FO/c19-17-12-5-4-7-14(17)13-18(20,16-10-6-11-16)15-8-2-1-3-9-15/h1-5,7-9,12,16,20H,6,10-11,13H2/t18-/m0/s1. The number of rotatable bonds is 4. The van der Waals surface area contributed by atoms with E-state index in [1.165, 1.54) is 6.07 Å². The fourth-order valence-corrected chi connectivity index (χ4v) is 3.03. The van der Waals surface area contributed by atoms with Gasteiger partial charge in [0.2, 0.25) is 0 Å². The first-order chi connectivity index (χ1) is 9.70. The maximum absolute atomic E-state index is 13.9. The Morgan fingerprint density at radius 2 is 1.65 bits per heavy atom. The maximum atomic E-state index is 13.9. The van der Waals surface area contributed by atoms with Crippen LogP contribution in [0.1, 0.15) is 30.4 Å². The zero-order valence-corrected chi connectivity index (χ0v) is 11.4. The summed E-state index contributed by atoms with van der Waals surface area (Å²) in [6.45, 7) is 0. The summed E-state index contributed by atoms with van der Waals surface area (Å²) in [4.78, 5) is 0. The van der Waals surface area contributed by atoms with Crippen molar-refractivity contribution in [3.63, 3.8) is 0 Å². The van der Waals surface area contributed by atoms with Gasteiger partial charge in [0.1, 0.15) is 5.82 Å². The highest BCUT2D eigenvalue weighted by molar-refractivity contribution is 5.29. The normalized spacial score (nSPS) is 18.3. The first-order valence-electron chi connectivity index (χ1n) is 7.21. The number of hydrogen-bond acceptors (Lipinski definition) is 1. The quantitative estimate of drug-likeness (QED) is 0.888. The van der Waals surface area contributed by atoms with Gasteiger partial charge in [-0.2, -0.15) is 0 Å². The van der Waals surface area contributed by atoms with Crippen LogP contribution in [0.4, 0.5) is 4.39 Å². The molecule has 2 aromatic carbocycles. The van der Waals surface area contributed by atoms with E-state index < -0.39 is 5.60 Å². The average molecular weight is 270 g/mol. The third-order valence-electron chi connectivity index (χ3n) is 4.47. The molecule has 0 unspecified atom stereocenters. The highest BCUT2D eigenvalue weighted by atomic mass is 19.1. The number of benzene rings is 2. The lowest BCUT2D eigenvalue weighted by atomic mass is 9.67. The van der Waals surface area contributed by atoms with Crippen LogP contribution in [0.15, 0.2) is 54.6 Å². The summed E-state index contributed by atoms with van der Waals surface area (Å²) < 4.78 is 13.9. The van der Waals surface area contributed by atoms with Crippen molar-refractivity contribution in [2.45, 2.75) is 31.3 Å². The summed E-state index contributed by atoms with van der Waals surface area (Å²) in [5, 5.41) is 11.2. The molecule has 1 aliphatic carbocycles. The summed E-state index contributed by atoms with van der Waals surface area (Å²) in [5.41, 5.74) is 0.528. The molecule has 104 valence electrons. The van der Waals surface area contributed by atoms with Gasteiger partial charge in [0.05, 0.1) is 5.60 Å². The molecule has 0 radical (unpaired) electrons. The molecule has 0 spiro atoms. The Labute approximate surface area is 119 Å². The molecule has 0 aromatic heterocycles. The monoisotopic (exact) mass is 270 g/mol. The van der Waals surface area contributed by atoms with Gasteiger partial charge in [-0.15, -0.1) is 0 Å². The lowest BCUT2D eigenvalue weighted by molar-refractivity contribution is -0.0566. The fourth-order valence-electron chi connectivity index (χ4n) is 3.03. The Kier molecular flexibility index (Phi) is 3.58. The van der Waals surface area contributed by atoms with Gasteiger partial charge >= 0.3 is 0 Å². The minimum absolute atomic E-state index is 0.226. The highest BCUT2D eigenvalue weighted by Gasteiger charge is 2.41. The summed E-state index contributed by atoms with van der Waals surface area (Å²) in [6, 6.07) is 16.4. The summed E-state index contributed by atoms with van der Waals surface area (Å²) in [6.07, 6.45) is 3.52. The SMILES string of the molecule is O[C@@](Cc1ccccc1F)(c1ccccc1)C1CCC1. The van der Waals surface area contributed by atoms with Crippen LogP contribution in [0, 0.1) is 11.7 Å². The molecule has 0 amide bonds. The van der Waals surface area contributed by atoms with Crippen LogP contribution >= 0.6 is 0 Å². The second kappa shape index (κ2) is 5.37. The van der Waals surface area contributed by atoms with E-state index in [4.69, 9.17) is 0 Å². The second-order valence-electron chi connectivity index (χ2n) is 5.69. The summed E-state index contributed by atoms with van der Waals surface area (Å²) >= 11 is 0.